The van der Waals surface area contributed by atoms with Gasteiger partial charge in [-0.2, -0.15) is 15.8 Å². The van der Waals surface area contributed by atoms with Crippen molar-refractivity contribution in [2.24, 2.45) is 0 Å². The van der Waals surface area contributed by atoms with E-state index in [-0.39, 0.29) is 19.5 Å². The van der Waals surface area contributed by atoms with Crippen molar-refractivity contribution in [3.05, 3.63) is 32.1 Å². The summed E-state index contributed by atoms with van der Waals surface area (Å²) in [5, 5.41) is 22.0. The van der Waals surface area contributed by atoms with E-state index in [9.17, 15) is 25.2 Å². The standard InChI is InChI=1S/C5H5.3C2H3N.F6P.Ru/c1-2-4-5-3-1;3*1-2-3;1-7(2,3,4,5)6;/h1-5H;3*1H3;;/q;;;;-1;. The van der Waals surface area contributed by atoms with E-state index < -0.39 is 7.81 Å². The van der Waals surface area contributed by atoms with Gasteiger partial charge < -0.3 is 0 Å². The topological polar surface area (TPSA) is 71.4 Å². The second kappa shape index (κ2) is 15.0. The maximum atomic E-state index is 9.87. The summed E-state index contributed by atoms with van der Waals surface area (Å²) >= 11 is 0. The summed E-state index contributed by atoms with van der Waals surface area (Å²) in [7, 11) is -10.7. The molecule has 22 heavy (non-hydrogen) atoms. The van der Waals surface area contributed by atoms with Crippen LogP contribution in [0.5, 0.6) is 0 Å². The summed E-state index contributed by atoms with van der Waals surface area (Å²) in [4.78, 5) is 0. The average Bonchev–Trinajstić information content (AvgIpc) is 2.72. The van der Waals surface area contributed by atoms with Crippen LogP contribution in [0.3, 0.4) is 0 Å². The number of nitriles is 3. The van der Waals surface area contributed by atoms with Gasteiger partial charge >= 0.3 is 33.0 Å². The van der Waals surface area contributed by atoms with Crippen molar-refractivity contribution in [1.29, 1.82) is 15.8 Å². The van der Waals surface area contributed by atoms with Crippen LogP contribution in [0, 0.1) is 66.1 Å². The van der Waals surface area contributed by atoms with Crippen LogP contribution in [-0.4, -0.2) is 0 Å². The molecule has 1 aliphatic rings. The Labute approximate surface area is 139 Å². The molecule has 0 bridgehead atoms. The molecule has 0 spiro atoms. The molecule has 0 amide bonds. The van der Waals surface area contributed by atoms with E-state index >= 15 is 0 Å². The summed E-state index contributed by atoms with van der Waals surface area (Å²) in [5.74, 6) is 0. The molecular formula is C11H14F6N3PRu-. The van der Waals surface area contributed by atoms with Crippen molar-refractivity contribution in [3.8, 4) is 18.2 Å². The van der Waals surface area contributed by atoms with Crippen molar-refractivity contribution >= 4 is 7.81 Å². The van der Waals surface area contributed by atoms with Crippen molar-refractivity contribution in [2.75, 3.05) is 0 Å². The molecule has 11 heteroatoms. The minimum absolute atomic E-state index is 0. The molecule has 0 unspecified atom stereocenters. The molecule has 1 rings (SSSR count). The van der Waals surface area contributed by atoms with Crippen molar-refractivity contribution < 1.29 is 44.7 Å². The van der Waals surface area contributed by atoms with Gasteiger partial charge in [0.2, 0.25) is 0 Å². The van der Waals surface area contributed by atoms with E-state index in [1.807, 2.05) is 32.1 Å². The van der Waals surface area contributed by atoms with Crippen LogP contribution in [0.15, 0.2) is 0 Å². The van der Waals surface area contributed by atoms with E-state index in [0.29, 0.717) is 0 Å². The number of nitrogens with zero attached hydrogens (tertiary/aromatic N) is 3. The van der Waals surface area contributed by atoms with Gasteiger partial charge in [-0.15, -0.1) is 0 Å². The Kier molecular flexibility index (Phi) is 22.4. The molecule has 0 saturated heterocycles. The van der Waals surface area contributed by atoms with Gasteiger partial charge in [0.05, 0.1) is 18.2 Å². The Morgan fingerprint density at radius 3 is 0.682 bits per heavy atom. The summed E-state index contributed by atoms with van der Waals surface area (Å²) in [6, 6.07) is 5.25. The molecule has 1 aliphatic carbocycles. The SMILES string of the molecule is CC#N.CC#N.CC#N.F[P-](F)(F)(F)(F)F.[CH]1[CH][CH][CH][CH]1.[Ru]. The maximum Gasteiger partial charge on any atom is 0 e. The molecule has 5 radical (unpaired) electrons. The summed E-state index contributed by atoms with van der Waals surface area (Å²) in [6.45, 7) is 4.29. The summed E-state index contributed by atoms with van der Waals surface area (Å²) in [6.07, 6.45) is 10.0. The Hall–Kier alpha value is -0.897. The first kappa shape index (κ1) is 32.9. The Balaban J connectivity index is -0.0000000572. The molecule has 0 atom stereocenters. The van der Waals surface area contributed by atoms with Crippen LogP contribution in [-0.2, 0) is 19.5 Å². The Morgan fingerprint density at radius 2 is 0.636 bits per heavy atom. The second-order valence-corrected chi connectivity index (χ2v) is 4.51. The van der Waals surface area contributed by atoms with E-state index in [4.69, 9.17) is 15.8 Å². The predicted octanol–water partition coefficient (Wildman–Crippen LogP) is 5.99. The van der Waals surface area contributed by atoms with Crippen LogP contribution in [0.2, 0.25) is 0 Å². The first-order chi connectivity index (χ1) is 9.19. The maximum absolute atomic E-state index is 10.7. The van der Waals surface area contributed by atoms with Gasteiger partial charge in [-0.25, -0.2) is 0 Å². The van der Waals surface area contributed by atoms with Crippen LogP contribution in [0.4, 0.5) is 25.2 Å². The van der Waals surface area contributed by atoms with Gasteiger partial charge in [-0.05, 0) is 32.1 Å². The predicted molar refractivity (Wildman–Crippen MR) is 68.9 cm³/mol. The van der Waals surface area contributed by atoms with Crippen LogP contribution < -0.4 is 0 Å². The molecule has 129 valence electrons. The molecule has 1 saturated carbocycles. The average molecular weight is 434 g/mol. The minimum atomic E-state index is -10.7. The zero-order valence-corrected chi connectivity index (χ0v) is 14.4. The molecular weight excluding hydrogens is 420 g/mol. The van der Waals surface area contributed by atoms with Gasteiger partial charge in [0.15, 0.2) is 0 Å². The third kappa shape index (κ3) is 372. The van der Waals surface area contributed by atoms with Crippen LogP contribution in [0.25, 0.3) is 0 Å². The van der Waals surface area contributed by atoms with Crippen LogP contribution in [0.1, 0.15) is 20.8 Å². The van der Waals surface area contributed by atoms with E-state index in [2.05, 4.69) is 0 Å². The first-order valence-corrected chi connectivity index (χ1v) is 6.88. The van der Waals surface area contributed by atoms with Gasteiger partial charge in [-0.3, -0.25) is 0 Å². The number of hydrogen-bond donors (Lipinski definition) is 0. The van der Waals surface area contributed by atoms with Gasteiger partial charge in [0, 0.05) is 40.2 Å². The molecule has 1 fully saturated rings. The molecule has 3 nitrogen and oxygen atoms in total. The van der Waals surface area contributed by atoms with E-state index in [1.165, 1.54) is 20.8 Å². The third-order valence-corrected chi connectivity index (χ3v) is 0.556. The Bertz CT molecular complexity index is 311. The van der Waals surface area contributed by atoms with Crippen molar-refractivity contribution in [2.45, 2.75) is 20.8 Å². The number of rotatable bonds is 0. The molecule has 0 aliphatic heterocycles. The fraction of sp³-hybridized carbons (Fsp3) is 0.273. The fourth-order valence-corrected chi connectivity index (χ4v) is 0.321. The normalized spacial score (nSPS) is 13.9. The second-order valence-electron chi connectivity index (χ2n) is 2.59. The molecule has 0 aromatic carbocycles. The number of hydrogen-bond acceptors (Lipinski definition) is 3. The summed E-state index contributed by atoms with van der Waals surface area (Å²) in [5.41, 5.74) is 0. The Morgan fingerprint density at radius 1 is 0.591 bits per heavy atom. The molecule has 0 aromatic heterocycles. The van der Waals surface area contributed by atoms with Crippen molar-refractivity contribution in [1.82, 2.24) is 0 Å². The quantitative estimate of drug-likeness (QED) is 0.267. The largest absolute Gasteiger partial charge is 0.0312 e. The smallest absolute Gasteiger partial charge is 0 e. The summed E-state index contributed by atoms with van der Waals surface area (Å²) < 4.78 is 59.2. The van der Waals surface area contributed by atoms with Gasteiger partial charge in [0.1, 0.15) is 0 Å². The number of halogens is 6. The van der Waals surface area contributed by atoms with Gasteiger partial charge in [0.25, 0.3) is 0 Å². The molecule has 0 heterocycles. The zero-order chi connectivity index (χ0) is 18.1. The first-order valence-electron chi connectivity index (χ1n) is 4.85. The monoisotopic (exact) mass is 435 g/mol. The third-order valence-electron chi connectivity index (χ3n) is 0.556. The molecule has 0 aromatic rings. The zero-order valence-electron chi connectivity index (χ0n) is 11.8. The van der Waals surface area contributed by atoms with Crippen molar-refractivity contribution in [3.63, 3.8) is 0 Å². The van der Waals surface area contributed by atoms with Gasteiger partial charge in [-0.1, -0.05) is 0 Å². The van der Waals surface area contributed by atoms with E-state index in [0.717, 1.165) is 0 Å². The van der Waals surface area contributed by atoms with Crippen LogP contribution >= 0.6 is 7.81 Å². The molecule has 0 N–H and O–H groups in total. The fourth-order valence-electron chi connectivity index (χ4n) is 0.321. The van der Waals surface area contributed by atoms with E-state index in [1.54, 1.807) is 18.2 Å². The minimum Gasteiger partial charge on any atom is -0.0312 e.